The minimum Gasteiger partial charge on any atom is -0.0619 e. The lowest BCUT2D eigenvalue weighted by molar-refractivity contribution is 0.723. The Morgan fingerprint density at radius 2 is 0.289 bits per heavy atom. The van der Waals surface area contributed by atoms with Crippen molar-refractivity contribution in [3.63, 3.8) is 0 Å². The van der Waals surface area contributed by atoms with Gasteiger partial charge in [0.05, 0.1) is 16.2 Å². The normalized spacial score (nSPS) is 14.0. The third-order valence-electron chi connectivity index (χ3n) is 32.4. The monoisotopic (exact) mass is 1700 g/mol. The molecule has 0 unspecified atom stereocenters. The van der Waals surface area contributed by atoms with E-state index in [1.165, 1.54) is 297 Å². The van der Waals surface area contributed by atoms with Crippen molar-refractivity contribution in [1.82, 2.24) is 0 Å². The van der Waals surface area contributed by atoms with Crippen LogP contribution in [0.15, 0.2) is 473 Å². The standard InChI is InChI=1S/C135H78/c1-4-40-85-79(34-1)37-31-61-94(85)124-103-55-13-7-49-97(103)121(98-50-8-14-56-104(98)124)82-70-73-109-118(76-82)133(112-64-25-19-43-88(112)89-44-20-26-65-113(89)133)130-127(109)128-110-74-71-83(122-99-51-9-15-57-105(99)125(106-58-16-10-52-100(106)122)95-62-32-38-80-35-2-5-41-86(80)95)77-119(110)134(114-66-27-21-45-90(114)91-46-22-28-67-115(91)134)131(128)132-129(130)111-75-72-84(78-120(111)135(132)116-68-29-23-47-92(116)93-48-24-30-69-117(93)135)123-101-53-11-17-59-107(101)126(108-60-18-12-54-102(108)123)96-63-33-39-81-36-3-6-42-87(81)96/h1-78H. The zero-order chi connectivity index (χ0) is 87.8. The molecule has 6 aliphatic carbocycles. The highest BCUT2D eigenvalue weighted by atomic mass is 14.7. The van der Waals surface area contributed by atoms with E-state index in [-0.39, 0.29) is 0 Å². The van der Waals surface area contributed by atoms with Gasteiger partial charge in [0.15, 0.2) is 0 Å². The maximum atomic E-state index is 2.74. The van der Waals surface area contributed by atoms with Crippen molar-refractivity contribution in [3.05, 3.63) is 540 Å². The van der Waals surface area contributed by atoms with E-state index in [1.807, 2.05) is 0 Å². The molecule has 0 saturated heterocycles. The van der Waals surface area contributed by atoms with Crippen molar-refractivity contribution in [2.45, 2.75) is 16.2 Å². The van der Waals surface area contributed by atoms with Crippen LogP contribution in [0.5, 0.6) is 0 Å². The SMILES string of the molecule is c1ccc2c(c1)-c1ccccc1C21c2cc(-c3c4ccccc4c(-c4cccc5ccccc45)c4ccccc34)ccc2-c2c3c(c4c(c21)-c1ccc(-c2c5ccccc5c(-c5cccc6ccccc56)c5ccccc25)cc1C41c2ccccc2-c2ccccc21)C1(c2ccccc2-c2ccccc21)c1cc(-c2c4ccccc4c(-c4cccc5ccccc45)c4ccccc24)ccc1-3. The summed E-state index contributed by atoms with van der Waals surface area (Å²) in [6, 6.07) is 185. The van der Waals surface area contributed by atoms with Crippen LogP contribution in [0.2, 0.25) is 0 Å². The molecule has 0 bridgehead atoms. The van der Waals surface area contributed by atoms with E-state index in [2.05, 4.69) is 473 Å². The summed E-state index contributed by atoms with van der Waals surface area (Å²) in [6.45, 7) is 0. The quantitative estimate of drug-likeness (QED) is 0.146. The van der Waals surface area contributed by atoms with E-state index in [4.69, 9.17) is 0 Å². The fourth-order valence-electron chi connectivity index (χ4n) is 27.7. The molecule has 0 heterocycles. The van der Waals surface area contributed by atoms with Gasteiger partial charge in [0.2, 0.25) is 0 Å². The van der Waals surface area contributed by atoms with Gasteiger partial charge in [-0.05, 0) is 315 Å². The molecule has 0 amide bonds. The second-order valence-electron chi connectivity index (χ2n) is 38.2. The van der Waals surface area contributed by atoms with Crippen LogP contribution >= 0.6 is 0 Å². The summed E-state index contributed by atoms with van der Waals surface area (Å²) in [5, 5.41) is 22.1. The van der Waals surface area contributed by atoms with Crippen molar-refractivity contribution in [1.29, 1.82) is 0 Å². The number of hydrogen-bond donors (Lipinski definition) is 0. The van der Waals surface area contributed by atoms with Crippen LogP contribution in [0.1, 0.15) is 66.8 Å². The van der Waals surface area contributed by atoms with Crippen LogP contribution in [0.3, 0.4) is 0 Å². The predicted octanol–water partition coefficient (Wildman–Crippen LogP) is 35.1. The van der Waals surface area contributed by atoms with Crippen molar-refractivity contribution >= 4 is 97.0 Å². The topological polar surface area (TPSA) is 0 Å². The number of benzene rings is 25. The first-order valence-electron chi connectivity index (χ1n) is 47.6. The van der Waals surface area contributed by atoms with Crippen molar-refractivity contribution in [3.8, 4) is 134 Å². The van der Waals surface area contributed by atoms with Gasteiger partial charge < -0.3 is 0 Å². The minimum atomic E-state index is -0.974. The van der Waals surface area contributed by atoms with Crippen LogP contribution in [0.4, 0.5) is 0 Å². The van der Waals surface area contributed by atoms with Crippen LogP contribution in [-0.4, -0.2) is 0 Å². The Labute approximate surface area is 780 Å². The molecule has 0 aromatic heterocycles. The number of fused-ring (bicyclic) bond motifs is 42. The summed E-state index contributed by atoms with van der Waals surface area (Å²) in [4.78, 5) is 0. The summed E-state index contributed by atoms with van der Waals surface area (Å²) in [5.41, 5.74) is 42.8. The zero-order valence-electron chi connectivity index (χ0n) is 73.5. The first kappa shape index (κ1) is 73.6. The maximum absolute atomic E-state index is 2.74. The smallest absolute Gasteiger partial charge is 0.0619 e. The summed E-state index contributed by atoms with van der Waals surface area (Å²) >= 11 is 0. The Hall–Kier alpha value is -17.2. The minimum absolute atomic E-state index is 0.935. The molecule has 0 N–H and O–H groups in total. The molecule has 25 aromatic carbocycles. The van der Waals surface area contributed by atoms with Gasteiger partial charge in [-0.25, -0.2) is 0 Å². The van der Waals surface area contributed by atoms with Crippen LogP contribution in [-0.2, 0) is 16.2 Å². The highest BCUT2D eigenvalue weighted by Gasteiger charge is 2.65. The molecule has 3 spiro atoms. The van der Waals surface area contributed by atoms with Crippen molar-refractivity contribution in [2.24, 2.45) is 0 Å². The summed E-state index contributed by atoms with van der Waals surface area (Å²) in [7, 11) is 0. The maximum Gasteiger partial charge on any atom is 0.0732 e. The Morgan fingerprint density at radius 3 is 0.556 bits per heavy atom. The molecule has 0 saturated carbocycles. The van der Waals surface area contributed by atoms with Gasteiger partial charge in [-0.1, -0.05) is 455 Å². The number of hydrogen-bond acceptors (Lipinski definition) is 0. The molecule has 25 aromatic rings. The fourth-order valence-corrected chi connectivity index (χ4v) is 27.7. The van der Waals surface area contributed by atoms with Crippen LogP contribution in [0, 0.1) is 0 Å². The number of rotatable bonds is 6. The molecule has 0 atom stereocenters. The van der Waals surface area contributed by atoms with E-state index in [0.29, 0.717) is 0 Å². The lowest BCUT2D eigenvalue weighted by atomic mass is 9.61. The Bertz CT molecular complexity index is 9400. The molecule has 31 rings (SSSR count). The van der Waals surface area contributed by atoms with Gasteiger partial charge in [-0.3, -0.25) is 0 Å². The third-order valence-corrected chi connectivity index (χ3v) is 32.4. The largest absolute Gasteiger partial charge is 0.0732 e. The average molecular weight is 1700 g/mol. The third kappa shape index (κ3) is 9.22. The summed E-state index contributed by atoms with van der Waals surface area (Å²) < 4.78 is 0. The van der Waals surface area contributed by atoms with Gasteiger partial charge in [0.25, 0.3) is 0 Å². The fraction of sp³-hybridized carbons (Fsp3) is 0.0222. The van der Waals surface area contributed by atoms with E-state index >= 15 is 0 Å². The zero-order valence-corrected chi connectivity index (χ0v) is 73.5. The second kappa shape index (κ2) is 27.0. The second-order valence-corrected chi connectivity index (χ2v) is 38.2. The molecule has 0 heteroatoms. The van der Waals surface area contributed by atoms with Gasteiger partial charge in [0, 0.05) is 0 Å². The lowest BCUT2D eigenvalue weighted by Crippen LogP contribution is -2.34. The molecule has 0 aliphatic heterocycles. The van der Waals surface area contributed by atoms with Gasteiger partial charge in [0.1, 0.15) is 0 Å². The summed E-state index contributed by atoms with van der Waals surface area (Å²) in [5.74, 6) is 0. The molecule has 0 nitrogen and oxygen atoms in total. The van der Waals surface area contributed by atoms with Crippen molar-refractivity contribution in [2.75, 3.05) is 0 Å². The Balaban J connectivity index is 0.781. The highest BCUT2D eigenvalue weighted by Crippen LogP contribution is 2.78. The Morgan fingerprint density at radius 1 is 0.104 bits per heavy atom. The van der Waals surface area contributed by atoms with Gasteiger partial charge in [-0.15, -0.1) is 0 Å². The van der Waals surface area contributed by atoms with Crippen LogP contribution < -0.4 is 0 Å². The van der Waals surface area contributed by atoms with E-state index in [9.17, 15) is 0 Å². The first-order chi connectivity index (χ1) is 67.1. The van der Waals surface area contributed by atoms with Gasteiger partial charge in [-0.2, -0.15) is 0 Å². The van der Waals surface area contributed by atoms with E-state index in [0.717, 1.165) is 0 Å². The van der Waals surface area contributed by atoms with E-state index in [1.54, 1.807) is 0 Å². The first-order valence-corrected chi connectivity index (χ1v) is 47.6. The van der Waals surface area contributed by atoms with E-state index < -0.39 is 16.2 Å². The van der Waals surface area contributed by atoms with Gasteiger partial charge >= 0.3 is 0 Å². The van der Waals surface area contributed by atoms with Crippen molar-refractivity contribution < 1.29 is 0 Å². The molecular formula is C135H78. The molecule has 0 radical (unpaired) electrons. The summed E-state index contributed by atoms with van der Waals surface area (Å²) in [6.07, 6.45) is 0. The Kier molecular flexibility index (Phi) is 14.7. The highest BCUT2D eigenvalue weighted by molar-refractivity contribution is 6.28. The molecule has 135 heavy (non-hydrogen) atoms. The predicted molar refractivity (Wildman–Crippen MR) is 566 cm³/mol. The van der Waals surface area contributed by atoms with Crippen LogP contribution in [0.25, 0.3) is 230 Å². The molecule has 0 fully saturated rings. The lowest BCUT2D eigenvalue weighted by Gasteiger charge is -2.39. The average Bonchev–Trinajstić information content (AvgIpc) is 1.44. The molecule has 618 valence electrons. The molecular weight excluding hydrogens is 1620 g/mol. The molecule has 6 aliphatic rings.